The fourth-order valence-electron chi connectivity index (χ4n) is 3.88. The number of anilines is 2. The lowest BCUT2D eigenvalue weighted by Crippen LogP contribution is -2.55. The van der Waals surface area contributed by atoms with Crippen LogP contribution in [0, 0.1) is 13.8 Å². The number of nitrogens with zero attached hydrogens (tertiary/aromatic N) is 1. The van der Waals surface area contributed by atoms with Gasteiger partial charge in [0.15, 0.2) is 0 Å². The maximum absolute atomic E-state index is 13.2. The van der Waals surface area contributed by atoms with Gasteiger partial charge in [-0.2, -0.15) is 0 Å². The summed E-state index contributed by atoms with van der Waals surface area (Å²) in [7, 11) is 0. The van der Waals surface area contributed by atoms with Gasteiger partial charge in [0.25, 0.3) is 5.91 Å². The lowest BCUT2D eigenvalue weighted by Gasteiger charge is -2.42. The molecule has 0 radical (unpaired) electrons. The maximum Gasteiger partial charge on any atom is 0.337 e. The highest BCUT2D eigenvalue weighted by atomic mass is 32.2. The van der Waals surface area contributed by atoms with Crippen molar-refractivity contribution in [3.8, 4) is 0 Å². The van der Waals surface area contributed by atoms with E-state index in [4.69, 9.17) is 0 Å². The molecule has 6 nitrogen and oxygen atoms in total. The second kappa shape index (κ2) is 6.13. The van der Waals surface area contributed by atoms with Crippen LogP contribution in [0.15, 0.2) is 36.4 Å². The van der Waals surface area contributed by atoms with Crippen molar-refractivity contribution < 1.29 is 19.5 Å². The summed E-state index contributed by atoms with van der Waals surface area (Å²) in [5.41, 5.74) is 3.55. The molecule has 1 saturated heterocycles. The van der Waals surface area contributed by atoms with Crippen molar-refractivity contribution in [1.29, 1.82) is 0 Å². The molecule has 2 aromatic rings. The van der Waals surface area contributed by atoms with Crippen LogP contribution in [0.5, 0.6) is 0 Å². The second-order valence-electron chi connectivity index (χ2n) is 6.75. The number of rotatable bonds is 2. The number of carbonyl (C=O) groups is 3. The van der Waals surface area contributed by atoms with Crippen LogP contribution in [-0.2, 0) is 14.5 Å². The average molecular weight is 382 g/mol. The first-order valence-electron chi connectivity index (χ1n) is 8.59. The summed E-state index contributed by atoms with van der Waals surface area (Å²) < 4.78 is 0. The molecule has 0 bridgehead atoms. The molecule has 2 aromatic carbocycles. The van der Waals surface area contributed by atoms with Crippen LogP contribution in [0.25, 0.3) is 0 Å². The summed E-state index contributed by atoms with van der Waals surface area (Å²) in [6.07, 6.45) is 0.244. The number of carboxylic acids is 1. The quantitative estimate of drug-likeness (QED) is 0.832. The Morgan fingerprint density at radius 3 is 2.70 bits per heavy atom. The molecule has 2 aliphatic heterocycles. The molecule has 2 amide bonds. The van der Waals surface area contributed by atoms with Crippen molar-refractivity contribution in [3.05, 3.63) is 58.7 Å². The van der Waals surface area contributed by atoms with Gasteiger partial charge in [0.2, 0.25) is 10.8 Å². The smallest absolute Gasteiger partial charge is 0.337 e. The molecule has 0 aliphatic carbocycles. The Labute approximate surface area is 160 Å². The number of nitrogens with one attached hydrogen (secondary N) is 1. The molecule has 2 N–H and O–H groups in total. The summed E-state index contributed by atoms with van der Waals surface area (Å²) in [6, 6.07) is 10.2. The Bertz CT molecular complexity index is 1000. The van der Waals surface area contributed by atoms with Gasteiger partial charge in [-0.15, -0.1) is 11.8 Å². The fraction of sp³-hybridized carbons (Fsp3) is 0.250. The number of amides is 2. The number of hydrogen-bond acceptors (Lipinski definition) is 4. The number of hydrogen-bond donors (Lipinski definition) is 2. The summed E-state index contributed by atoms with van der Waals surface area (Å²) in [6.45, 7) is 3.85. The van der Waals surface area contributed by atoms with Crippen LogP contribution >= 0.6 is 11.8 Å². The third-order valence-corrected chi connectivity index (χ3v) is 6.37. The zero-order chi connectivity index (χ0) is 19.3. The van der Waals surface area contributed by atoms with Gasteiger partial charge in [-0.05, 0) is 31.5 Å². The molecule has 138 valence electrons. The first kappa shape index (κ1) is 17.6. The highest BCUT2D eigenvalue weighted by Crippen LogP contribution is 2.53. The van der Waals surface area contributed by atoms with Crippen molar-refractivity contribution in [3.63, 3.8) is 0 Å². The summed E-state index contributed by atoms with van der Waals surface area (Å²) >= 11 is 1.37. The van der Waals surface area contributed by atoms with Crippen LogP contribution in [0.4, 0.5) is 11.4 Å². The van der Waals surface area contributed by atoms with Crippen LogP contribution in [-0.4, -0.2) is 28.6 Å². The van der Waals surface area contributed by atoms with E-state index in [0.29, 0.717) is 17.0 Å². The molecule has 0 saturated carbocycles. The minimum atomic E-state index is -1.30. The second-order valence-corrected chi connectivity index (χ2v) is 8.04. The summed E-state index contributed by atoms with van der Waals surface area (Å²) in [5, 5.41) is 12.5. The first-order chi connectivity index (χ1) is 12.9. The number of para-hydroxylation sites is 1. The van der Waals surface area contributed by atoms with Gasteiger partial charge in [0, 0.05) is 17.7 Å². The molecule has 1 atom stereocenters. The molecular weight excluding hydrogens is 364 g/mol. The molecular formula is C20H18N2O4S. The molecule has 0 aromatic heterocycles. The van der Waals surface area contributed by atoms with Crippen molar-refractivity contribution in [2.45, 2.75) is 25.1 Å². The van der Waals surface area contributed by atoms with Gasteiger partial charge in [0.1, 0.15) is 0 Å². The molecule has 7 heteroatoms. The normalized spacial score (nSPS) is 21.3. The van der Waals surface area contributed by atoms with E-state index in [-0.39, 0.29) is 29.5 Å². The number of fused-ring (bicyclic) bond motifs is 2. The van der Waals surface area contributed by atoms with Crippen molar-refractivity contribution in [2.24, 2.45) is 0 Å². The van der Waals surface area contributed by atoms with E-state index in [1.54, 1.807) is 18.2 Å². The number of aryl methyl sites for hydroxylation is 2. The van der Waals surface area contributed by atoms with E-state index < -0.39 is 10.8 Å². The molecule has 4 rings (SSSR count). The molecule has 2 heterocycles. The van der Waals surface area contributed by atoms with Crippen LogP contribution < -0.4 is 10.2 Å². The number of aromatic carboxylic acids is 1. The van der Waals surface area contributed by atoms with Crippen molar-refractivity contribution in [2.75, 3.05) is 16.0 Å². The summed E-state index contributed by atoms with van der Waals surface area (Å²) in [5.74, 6) is -1.22. The van der Waals surface area contributed by atoms with E-state index in [1.165, 1.54) is 22.7 Å². The number of benzene rings is 2. The molecule has 1 unspecified atom stereocenters. The SMILES string of the molecule is Cc1cc(C)c2c(c1)C1(SCCC(=O)N1c1ccccc1C(=O)O)C(=O)N2. The largest absolute Gasteiger partial charge is 0.478 e. The Kier molecular flexibility index (Phi) is 3.99. The Morgan fingerprint density at radius 1 is 1.22 bits per heavy atom. The summed E-state index contributed by atoms with van der Waals surface area (Å²) in [4.78, 5) is 38.0. The molecule has 27 heavy (non-hydrogen) atoms. The van der Waals surface area contributed by atoms with E-state index in [9.17, 15) is 19.5 Å². The minimum Gasteiger partial charge on any atom is -0.478 e. The van der Waals surface area contributed by atoms with Gasteiger partial charge in [-0.1, -0.05) is 29.8 Å². The zero-order valence-corrected chi connectivity index (χ0v) is 15.7. The van der Waals surface area contributed by atoms with E-state index in [2.05, 4.69) is 5.32 Å². The van der Waals surface area contributed by atoms with Crippen LogP contribution in [0.3, 0.4) is 0 Å². The fourth-order valence-corrected chi connectivity index (χ4v) is 5.28. The standard InChI is InChI=1S/C20H18N2O4S/c1-11-9-12(2)17-14(10-11)20(19(26)21-17)22(16(23)7-8-27-20)15-6-4-3-5-13(15)18(24)25/h3-6,9-10H,7-8H2,1-2H3,(H,21,26)(H,24,25). The van der Waals surface area contributed by atoms with Crippen molar-refractivity contribution in [1.82, 2.24) is 0 Å². The first-order valence-corrected chi connectivity index (χ1v) is 9.57. The molecule has 1 spiro atoms. The average Bonchev–Trinajstić information content (AvgIpc) is 2.88. The Hall–Kier alpha value is -2.80. The minimum absolute atomic E-state index is 0.00153. The Balaban J connectivity index is 2.02. The van der Waals surface area contributed by atoms with Gasteiger partial charge in [-0.3, -0.25) is 14.5 Å². The molecule has 1 fully saturated rings. The van der Waals surface area contributed by atoms with E-state index in [0.717, 1.165) is 11.1 Å². The third kappa shape index (κ3) is 2.45. The topological polar surface area (TPSA) is 86.7 Å². The predicted octanol–water partition coefficient (Wildman–Crippen LogP) is 3.28. The number of thioether (sulfide) groups is 1. The van der Waals surface area contributed by atoms with Gasteiger partial charge >= 0.3 is 5.97 Å². The highest BCUT2D eigenvalue weighted by molar-refractivity contribution is 8.01. The van der Waals surface area contributed by atoms with Crippen LogP contribution in [0.1, 0.15) is 33.5 Å². The lowest BCUT2D eigenvalue weighted by molar-refractivity contribution is -0.124. The van der Waals surface area contributed by atoms with Gasteiger partial charge < -0.3 is 10.4 Å². The predicted molar refractivity (Wildman–Crippen MR) is 104 cm³/mol. The van der Waals surface area contributed by atoms with Gasteiger partial charge in [-0.25, -0.2) is 4.79 Å². The number of carbonyl (C=O) groups excluding carboxylic acids is 2. The Morgan fingerprint density at radius 2 is 1.96 bits per heavy atom. The maximum atomic E-state index is 13.2. The lowest BCUT2D eigenvalue weighted by atomic mass is 9.98. The van der Waals surface area contributed by atoms with E-state index in [1.807, 2.05) is 26.0 Å². The van der Waals surface area contributed by atoms with Crippen LogP contribution in [0.2, 0.25) is 0 Å². The molecule has 2 aliphatic rings. The monoisotopic (exact) mass is 382 g/mol. The highest BCUT2D eigenvalue weighted by Gasteiger charge is 2.57. The third-order valence-electron chi connectivity index (χ3n) is 4.96. The number of carboxylic acid groups (broad SMARTS) is 1. The zero-order valence-electron chi connectivity index (χ0n) is 14.9. The van der Waals surface area contributed by atoms with Crippen molar-refractivity contribution >= 4 is 40.9 Å². The van der Waals surface area contributed by atoms with E-state index >= 15 is 0 Å². The van der Waals surface area contributed by atoms with Gasteiger partial charge in [0.05, 0.1) is 16.9 Å².